The first kappa shape index (κ1) is 20.8. The van der Waals surface area contributed by atoms with Crippen molar-refractivity contribution in [2.24, 2.45) is 0 Å². The molecule has 0 aliphatic rings. The number of anilines is 2. The molecule has 2 rings (SSSR count). The summed E-state index contributed by atoms with van der Waals surface area (Å²) in [5.74, 6) is 2.04. The maximum atomic E-state index is 13.2. The van der Waals surface area contributed by atoms with Gasteiger partial charge in [-0.05, 0) is 42.8 Å². The minimum Gasteiger partial charge on any atom is -0.436 e. The molecule has 2 amide bonds. The molecule has 1 N–H and O–H groups in total. The van der Waals surface area contributed by atoms with Gasteiger partial charge < -0.3 is 9.47 Å². The molecule has 0 radical (unpaired) electrons. The van der Waals surface area contributed by atoms with Gasteiger partial charge in [0.05, 0.1) is 0 Å². The van der Waals surface area contributed by atoms with E-state index in [1.54, 1.807) is 18.2 Å². The molecule has 146 valence electrons. The third-order valence-corrected chi connectivity index (χ3v) is 3.67. The fourth-order valence-electron chi connectivity index (χ4n) is 2.32. The second kappa shape index (κ2) is 10.6. The predicted molar refractivity (Wildman–Crippen MR) is 105 cm³/mol. The number of hydrogen-bond donors (Lipinski definition) is 1. The predicted octanol–water partition coefficient (Wildman–Crippen LogP) is 4.81. The van der Waals surface area contributed by atoms with Crippen LogP contribution in [-0.2, 0) is 4.74 Å². The van der Waals surface area contributed by atoms with Crippen LogP contribution in [0.2, 0.25) is 0 Å². The Kier molecular flexibility index (Phi) is 7.85. The monoisotopic (exact) mass is 384 g/mol. The number of halogens is 1. The molecule has 0 aliphatic heterocycles. The van der Waals surface area contributed by atoms with Crippen molar-refractivity contribution in [3.8, 4) is 18.1 Å². The lowest BCUT2D eigenvalue weighted by Gasteiger charge is -2.22. The Morgan fingerprint density at radius 2 is 1.96 bits per heavy atom. The third-order valence-electron chi connectivity index (χ3n) is 3.67. The van der Waals surface area contributed by atoms with E-state index in [4.69, 9.17) is 15.9 Å². The molecule has 0 bridgehead atoms. The molecule has 0 spiro atoms. The van der Waals surface area contributed by atoms with Crippen LogP contribution in [0.25, 0.3) is 0 Å². The quantitative estimate of drug-likeness (QED) is 0.696. The molecule has 0 unspecified atom stereocenters. The van der Waals surface area contributed by atoms with Crippen molar-refractivity contribution in [1.29, 1.82) is 0 Å². The fourth-order valence-corrected chi connectivity index (χ4v) is 2.32. The van der Waals surface area contributed by atoms with Crippen LogP contribution < -0.4 is 15.0 Å². The zero-order chi connectivity index (χ0) is 20.4. The van der Waals surface area contributed by atoms with Crippen LogP contribution in [0.15, 0.2) is 48.5 Å². The molecule has 2 aromatic carbocycles. The highest BCUT2D eigenvalue weighted by molar-refractivity contribution is 5.89. The molecule has 28 heavy (non-hydrogen) atoms. The zero-order valence-corrected chi connectivity index (χ0v) is 15.5. The summed E-state index contributed by atoms with van der Waals surface area (Å²) in [6, 6.07) is 11.9. The van der Waals surface area contributed by atoms with Gasteiger partial charge in [0.25, 0.3) is 0 Å². The Morgan fingerprint density at radius 3 is 2.64 bits per heavy atom. The number of amides is 2. The van der Waals surface area contributed by atoms with Crippen molar-refractivity contribution in [3.63, 3.8) is 0 Å². The lowest BCUT2D eigenvalue weighted by Crippen LogP contribution is -2.34. The Bertz CT molecular complexity index is 846. The second-order valence-corrected chi connectivity index (χ2v) is 5.78. The number of carbonyl (C=O) groups excluding carboxylic acids is 2. The minimum atomic E-state index is -0.711. The molecule has 6 nitrogen and oxygen atoms in total. The van der Waals surface area contributed by atoms with Crippen molar-refractivity contribution >= 4 is 23.6 Å². The van der Waals surface area contributed by atoms with E-state index >= 15 is 0 Å². The summed E-state index contributed by atoms with van der Waals surface area (Å²) in [6.07, 6.45) is 5.35. The molecule has 0 saturated carbocycles. The number of hydrogen-bond acceptors (Lipinski definition) is 4. The van der Waals surface area contributed by atoms with Gasteiger partial charge >= 0.3 is 12.2 Å². The van der Waals surface area contributed by atoms with Gasteiger partial charge in [0.2, 0.25) is 0 Å². The van der Waals surface area contributed by atoms with E-state index in [1.165, 1.54) is 35.2 Å². The average Bonchev–Trinajstić information content (AvgIpc) is 2.68. The second-order valence-electron chi connectivity index (χ2n) is 5.78. The van der Waals surface area contributed by atoms with E-state index in [9.17, 15) is 14.0 Å². The van der Waals surface area contributed by atoms with Crippen LogP contribution in [0, 0.1) is 18.2 Å². The number of terminal acetylenes is 1. The molecule has 7 heteroatoms. The normalized spacial score (nSPS) is 9.89. The zero-order valence-electron chi connectivity index (χ0n) is 15.5. The van der Waals surface area contributed by atoms with Crippen molar-refractivity contribution < 1.29 is 23.5 Å². The van der Waals surface area contributed by atoms with Crippen LogP contribution >= 0.6 is 0 Å². The van der Waals surface area contributed by atoms with Gasteiger partial charge in [0.15, 0.2) is 6.61 Å². The van der Waals surface area contributed by atoms with Crippen LogP contribution in [0.1, 0.15) is 19.8 Å². The van der Waals surface area contributed by atoms with Gasteiger partial charge in [-0.2, -0.15) is 0 Å². The van der Waals surface area contributed by atoms with Crippen LogP contribution in [0.5, 0.6) is 5.75 Å². The Hall–Kier alpha value is -3.53. The van der Waals surface area contributed by atoms with Gasteiger partial charge in [-0.25, -0.2) is 14.0 Å². The van der Waals surface area contributed by atoms with Gasteiger partial charge in [-0.15, -0.1) is 6.42 Å². The Balaban J connectivity index is 2.10. The maximum absolute atomic E-state index is 13.2. The highest BCUT2D eigenvalue weighted by atomic mass is 19.1. The van der Waals surface area contributed by atoms with Crippen molar-refractivity contribution in [2.75, 3.05) is 23.4 Å². The van der Waals surface area contributed by atoms with E-state index in [2.05, 4.69) is 11.2 Å². The van der Waals surface area contributed by atoms with E-state index in [-0.39, 0.29) is 18.2 Å². The van der Waals surface area contributed by atoms with Crippen LogP contribution in [0.4, 0.5) is 25.4 Å². The van der Waals surface area contributed by atoms with Gasteiger partial charge in [-0.3, -0.25) is 10.2 Å². The SMILES string of the molecule is C#CCOC(=O)Nc1cccc(OC(=O)N(CCCC)c2ccc(F)cc2)c1. The van der Waals surface area contributed by atoms with Gasteiger partial charge in [0, 0.05) is 24.0 Å². The smallest absolute Gasteiger partial charge is 0.419 e. The summed E-state index contributed by atoms with van der Waals surface area (Å²) in [7, 11) is 0. The topological polar surface area (TPSA) is 67.9 Å². The van der Waals surface area contributed by atoms with Crippen LogP contribution in [0.3, 0.4) is 0 Å². The number of nitrogens with zero attached hydrogens (tertiary/aromatic N) is 1. The van der Waals surface area contributed by atoms with E-state index in [0.29, 0.717) is 17.9 Å². The molecule has 0 aromatic heterocycles. The summed E-state index contributed by atoms with van der Waals surface area (Å²) in [6.45, 7) is 2.28. The lowest BCUT2D eigenvalue weighted by atomic mass is 10.2. The van der Waals surface area contributed by atoms with Gasteiger partial charge in [0.1, 0.15) is 11.6 Å². The highest BCUT2D eigenvalue weighted by Crippen LogP contribution is 2.21. The van der Waals surface area contributed by atoms with E-state index in [0.717, 1.165) is 12.8 Å². The summed E-state index contributed by atoms with van der Waals surface area (Å²) in [4.78, 5) is 25.7. The van der Waals surface area contributed by atoms with E-state index < -0.39 is 12.2 Å². The van der Waals surface area contributed by atoms with Crippen molar-refractivity contribution in [3.05, 3.63) is 54.3 Å². The molecule has 0 aliphatic carbocycles. The summed E-state index contributed by atoms with van der Waals surface area (Å²) < 4.78 is 23.3. The summed E-state index contributed by atoms with van der Waals surface area (Å²) in [5.41, 5.74) is 0.918. The Labute approximate surface area is 163 Å². The van der Waals surface area contributed by atoms with Crippen molar-refractivity contribution in [2.45, 2.75) is 19.8 Å². The Morgan fingerprint density at radius 1 is 1.21 bits per heavy atom. The summed E-state index contributed by atoms with van der Waals surface area (Å²) in [5, 5.41) is 2.49. The summed E-state index contributed by atoms with van der Waals surface area (Å²) >= 11 is 0. The molecular formula is C21H21FN2O4. The number of rotatable bonds is 7. The number of carbonyl (C=O) groups is 2. The number of unbranched alkanes of at least 4 members (excludes halogenated alkanes) is 1. The van der Waals surface area contributed by atoms with Crippen LogP contribution in [-0.4, -0.2) is 25.3 Å². The highest BCUT2D eigenvalue weighted by Gasteiger charge is 2.18. The molecule has 2 aromatic rings. The van der Waals surface area contributed by atoms with Gasteiger partial charge in [-0.1, -0.05) is 25.3 Å². The first-order valence-electron chi connectivity index (χ1n) is 8.75. The molecule has 0 fully saturated rings. The standard InChI is InChI=1S/C21H21FN2O4/c1-3-5-13-24(18-11-9-16(22)10-12-18)21(26)28-19-8-6-7-17(15-19)23-20(25)27-14-4-2/h2,6-12,15H,3,5,13-14H2,1H3,(H,23,25). The number of benzene rings is 2. The van der Waals surface area contributed by atoms with E-state index in [1.807, 2.05) is 6.92 Å². The average molecular weight is 384 g/mol. The number of nitrogens with one attached hydrogen (secondary N) is 1. The largest absolute Gasteiger partial charge is 0.436 e. The molecule has 0 saturated heterocycles. The van der Waals surface area contributed by atoms with Crippen molar-refractivity contribution in [1.82, 2.24) is 0 Å². The maximum Gasteiger partial charge on any atom is 0.419 e. The number of ether oxygens (including phenoxy) is 2. The molecule has 0 atom stereocenters. The molecular weight excluding hydrogens is 363 g/mol. The third kappa shape index (κ3) is 6.32. The first-order valence-corrected chi connectivity index (χ1v) is 8.75. The first-order chi connectivity index (χ1) is 13.5. The lowest BCUT2D eigenvalue weighted by molar-refractivity contribution is 0.176. The minimum absolute atomic E-state index is 0.148. The fraction of sp³-hybridized carbons (Fsp3) is 0.238. The molecule has 0 heterocycles.